The van der Waals surface area contributed by atoms with Gasteiger partial charge in [-0.25, -0.2) is 0 Å². The van der Waals surface area contributed by atoms with Gasteiger partial charge >= 0.3 is 0 Å². The summed E-state index contributed by atoms with van der Waals surface area (Å²) in [5.41, 5.74) is 2.57. The van der Waals surface area contributed by atoms with Crippen LogP contribution in [0.4, 0.5) is 0 Å². The monoisotopic (exact) mass is 361 g/mol. The van der Waals surface area contributed by atoms with E-state index in [4.69, 9.17) is 9.47 Å². The number of methoxy groups -OCH3 is 1. The first kappa shape index (κ1) is 18.5. The highest BCUT2D eigenvalue weighted by atomic mass is 16.5. The lowest BCUT2D eigenvalue weighted by atomic mass is 10.1. The number of ether oxygens (including phenoxy) is 2. The van der Waals surface area contributed by atoms with E-state index in [1.165, 1.54) is 0 Å². The molecular formula is C23H23NO3. The van der Waals surface area contributed by atoms with Gasteiger partial charge in [0.1, 0.15) is 18.1 Å². The van der Waals surface area contributed by atoms with Crippen molar-refractivity contribution in [3.8, 4) is 11.5 Å². The summed E-state index contributed by atoms with van der Waals surface area (Å²) in [7, 11) is 1.63. The van der Waals surface area contributed by atoms with Gasteiger partial charge < -0.3 is 14.8 Å². The summed E-state index contributed by atoms with van der Waals surface area (Å²) in [6, 6.07) is 24.6. The topological polar surface area (TPSA) is 47.6 Å². The standard InChI is InChI=1S/C23H23NO3/c1-17(21-13-6-7-14-22(21)26-2)24-23(25)19-11-8-12-20(15-19)27-16-18-9-4-3-5-10-18/h3-15,17H,16H2,1-2H3,(H,24,25)/t17-/m1/s1. The molecule has 3 aromatic rings. The third-order valence-electron chi connectivity index (χ3n) is 4.30. The molecule has 1 amide bonds. The maximum Gasteiger partial charge on any atom is 0.251 e. The van der Waals surface area contributed by atoms with Crippen molar-refractivity contribution in [3.05, 3.63) is 95.6 Å². The maximum atomic E-state index is 12.6. The molecule has 0 heterocycles. The molecule has 0 aliphatic rings. The Balaban J connectivity index is 1.66. The number of hydrogen-bond donors (Lipinski definition) is 1. The lowest BCUT2D eigenvalue weighted by Gasteiger charge is -2.17. The fourth-order valence-corrected chi connectivity index (χ4v) is 2.85. The lowest BCUT2D eigenvalue weighted by molar-refractivity contribution is 0.0939. The summed E-state index contributed by atoms with van der Waals surface area (Å²) in [6.45, 7) is 2.40. The van der Waals surface area contributed by atoms with Crippen LogP contribution in [0.1, 0.15) is 34.5 Å². The third kappa shape index (κ3) is 4.88. The minimum atomic E-state index is -0.178. The molecule has 4 heteroatoms. The van der Waals surface area contributed by atoms with Crippen molar-refractivity contribution in [1.82, 2.24) is 5.32 Å². The van der Waals surface area contributed by atoms with Gasteiger partial charge in [-0.05, 0) is 36.8 Å². The van der Waals surface area contributed by atoms with Gasteiger partial charge in [0.2, 0.25) is 0 Å². The van der Waals surface area contributed by atoms with Crippen molar-refractivity contribution in [3.63, 3.8) is 0 Å². The van der Waals surface area contributed by atoms with E-state index < -0.39 is 0 Å². The molecular weight excluding hydrogens is 338 g/mol. The van der Waals surface area contributed by atoms with Gasteiger partial charge in [0.15, 0.2) is 0 Å². The molecule has 0 aliphatic heterocycles. The van der Waals surface area contributed by atoms with Crippen molar-refractivity contribution in [2.45, 2.75) is 19.6 Å². The molecule has 1 N–H and O–H groups in total. The van der Waals surface area contributed by atoms with Gasteiger partial charge in [-0.2, -0.15) is 0 Å². The molecule has 0 saturated heterocycles. The number of carbonyl (C=O) groups is 1. The van der Waals surface area contributed by atoms with Crippen LogP contribution in [0.15, 0.2) is 78.9 Å². The Morgan fingerprint density at radius 3 is 2.48 bits per heavy atom. The minimum Gasteiger partial charge on any atom is -0.496 e. The highest BCUT2D eigenvalue weighted by Gasteiger charge is 2.15. The van der Waals surface area contributed by atoms with Gasteiger partial charge in [0, 0.05) is 11.1 Å². The van der Waals surface area contributed by atoms with Crippen molar-refractivity contribution >= 4 is 5.91 Å². The van der Waals surface area contributed by atoms with E-state index in [1.807, 2.05) is 73.7 Å². The van der Waals surface area contributed by atoms with Gasteiger partial charge in [-0.15, -0.1) is 0 Å². The number of rotatable bonds is 7. The molecule has 1 atom stereocenters. The molecule has 0 spiro atoms. The molecule has 138 valence electrons. The van der Waals surface area contributed by atoms with E-state index in [1.54, 1.807) is 19.2 Å². The third-order valence-corrected chi connectivity index (χ3v) is 4.30. The second-order valence-corrected chi connectivity index (χ2v) is 6.24. The van der Waals surface area contributed by atoms with Gasteiger partial charge in [0.25, 0.3) is 5.91 Å². The molecule has 0 saturated carbocycles. The summed E-state index contributed by atoms with van der Waals surface area (Å²) >= 11 is 0. The molecule has 0 fully saturated rings. The zero-order valence-electron chi connectivity index (χ0n) is 15.5. The van der Waals surface area contributed by atoms with Crippen LogP contribution >= 0.6 is 0 Å². The highest BCUT2D eigenvalue weighted by molar-refractivity contribution is 5.94. The molecule has 3 rings (SSSR count). The predicted octanol–water partition coefficient (Wildman–Crippen LogP) is 4.77. The van der Waals surface area contributed by atoms with E-state index in [0.717, 1.165) is 16.9 Å². The second kappa shape index (κ2) is 8.90. The van der Waals surface area contributed by atoms with Crippen molar-refractivity contribution in [1.29, 1.82) is 0 Å². The Bertz CT molecular complexity index is 893. The van der Waals surface area contributed by atoms with Crippen LogP contribution in [-0.2, 0) is 6.61 Å². The van der Waals surface area contributed by atoms with E-state index in [0.29, 0.717) is 17.9 Å². The fourth-order valence-electron chi connectivity index (χ4n) is 2.85. The SMILES string of the molecule is COc1ccccc1[C@@H](C)NC(=O)c1cccc(OCc2ccccc2)c1. The van der Waals surface area contributed by atoms with E-state index in [2.05, 4.69) is 5.32 Å². The van der Waals surface area contributed by atoms with Gasteiger partial charge in [-0.1, -0.05) is 54.6 Å². The second-order valence-electron chi connectivity index (χ2n) is 6.24. The largest absolute Gasteiger partial charge is 0.496 e. The number of amides is 1. The van der Waals surface area contributed by atoms with Crippen LogP contribution < -0.4 is 14.8 Å². The Morgan fingerprint density at radius 2 is 1.70 bits per heavy atom. The molecule has 0 bridgehead atoms. The van der Waals surface area contributed by atoms with Crippen molar-refractivity contribution in [2.75, 3.05) is 7.11 Å². The molecule has 27 heavy (non-hydrogen) atoms. The van der Waals surface area contributed by atoms with E-state index in [-0.39, 0.29) is 11.9 Å². The molecule has 0 aromatic heterocycles. The van der Waals surface area contributed by atoms with Crippen LogP contribution in [0.2, 0.25) is 0 Å². The number of para-hydroxylation sites is 1. The van der Waals surface area contributed by atoms with Crippen LogP contribution in [-0.4, -0.2) is 13.0 Å². The van der Waals surface area contributed by atoms with Crippen LogP contribution in [0.5, 0.6) is 11.5 Å². The average molecular weight is 361 g/mol. The number of hydrogen-bond acceptors (Lipinski definition) is 3. The number of benzene rings is 3. The van der Waals surface area contributed by atoms with Gasteiger partial charge in [0.05, 0.1) is 13.2 Å². The zero-order chi connectivity index (χ0) is 19.1. The summed E-state index contributed by atoms with van der Waals surface area (Å²) in [5, 5.41) is 3.01. The Kier molecular flexibility index (Phi) is 6.10. The predicted molar refractivity (Wildman–Crippen MR) is 106 cm³/mol. The summed E-state index contributed by atoms with van der Waals surface area (Å²) in [5.74, 6) is 1.26. The normalized spacial score (nSPS) is 11.5. The number of nitrogens with one attached hydrogen (secondary N) is 1. The average Bonchev–Trinajstić information content (AvgIpc) is 2.73. The van der Waals surface area contributed by atoms with Gasteiger partial charge in [-0.3, -0.25) is 4.79 Å². The van der Waals surface area contributed by atoms with E-state index >= 15 is 0 Å². The first-order valence-corrected chi connectivity index (χ1v) is 8.88. The quantitative estimate of drug-likeness (QED) is 0.660. The van der Waals surface area contributed by atoms with Crippen molar-refractivity contribution in [2.24, 2.45) is 0 Å². The van der Waals surface area contributed by atoms with Crippen LogP contribution in [0.25, 0.3) is 0 Å². The first-order chi connectivity index (χ1) is 13.2. The Labute approximate surface area is 159 Å². The van der Waals surface area contributed by atoms with Crippen molar-refractivity contribution < 1.29 is 14.3 Å². The Hall–Kier alpha value is -3.27. The minimum absolute atomic E-state index is 0.154. The summed E-state index contributed by atoms with van der Waals surface area (Å²) in [4.78, 5) is 12.6. The zero-order valence-corrected chi connectivity index (χ0v) is 15.5. The van der Waals surface area contributed by atoms with Crippen LogP contribution in [0.3, 0.4) is 0 Å². The Morgan fingerprint density at radius 1 is 0.963 bits per heavy atom. The highest BCUT2D eigenvalue weighted by Crippen LogP contribution is 2.25. The lowest BCUT2D eigenvalue weighted by Crippen LogP contribution is -2.26. The van der Waals surface area contributed by atoms with Crippen LogP contribution in [0, 0.1) is 0 Å². The fraction of sp³-hybridized carbons (Fsp3) is 0.174. The summed E-state index contributed by atoms with van der Waals surface area (Å²) in [6.07, 6.45) is 0. The molecule has 0 aliphatic carbocycles. The smallest absolute Gasteiger partial charge is 0.251 e. The first-order valence-electron chi connectivity index (χ1n) is 8.88. The molecule has 4 nitrogen and oxygen atoms in total. The molecule has 0 radical (unpaired) electrons. The molecule has 0 unspecified atom stereocenters. The maximum absolute atomic E-state index is 12.6. The summed E-state index contributed by atoms with van der Waals surface area (Å²) < 4.78 is 11.2. The number of carbonyl (C=O) groups excluding carboxylic acids is 1. The van der Waals surface area contributed by atoms with E-state index in [9.17, 15) is 4.79 Å². The molecule has 3 aromatic carbocycles.